The maximum atomic E-state index is 8.12. The van der Waals surface area contributed by atoms with Gasteiger partial charge in [0, 0.05) is 71.6 Å². The fourth-order valence-corrected chi connectivity index (χ4v) is 5.14. The second-order valence-corrected chi connectivity index (χ2v) is 10.2. The Kier molecular flexibility index (Phi) is 5.56. The van der Waals surface area contributed by atoms with Crippen LogP contribution in [0.2, 0.25) is 0 Å². The van der Waals surface area contributed by atoms with Crippen LogP contribution in [0.5, 0.6) is 0 Å². The smallest absolute Gasteiger partial charge is 0.216 e. The molecule has 0 fully saturated rings. The maximum absolute atomic E-state index is 8.12. The predicted molar refractivity (Wildman–Crippen MR) is 182 cm³/mol. The Bertz CT molecular complexity index is 2690. The molecule has 46 heavy (non-hydrogen) atoms. The van der Waals surface area contributed by atoms with E-state index in [1.54, 1.807) is 67.0 Å². The minimum atomic E-state index is -2.36. The molecule has 1 radical (unpaired) electrons. The minimum Gasteiger partial charge on any atom is -0.486 e. The quantitative estimate of drug-likeness (QED) is 0.167. The zero-order valence-electron chi connectivity index (χ0n) is 35.9. The van der Waals surface area contributed by atoms with E-state index < -0.39 is 27.4 Å². The molecule has 5 nitrogen and oxygen atoms in total. The van der Waals surface area contributed by atoms with E-state index >= 15 is 0 Å². The van der Waals surface area contributed by atoms with Gasteiger partial charge in [-0.3, -0.25) is 4.98 Å². The number of hydrogen-bond acceptors (Lipinski definition) is 5. The molecule has 0 aliphatic carbocycles. The van der Waals surface area contributed by atoms with Gasteiger partial charge in [-0.25, -0.2) is 4.98 Å². The number of pyridine rings is 4. The van der Waals surface area contributed by atoms with Crippen molar-refractivity contribution >= 4 is 33.0 Å². The van der Waals surface area contributed by atoms with Gasteiger partial charge < -0.3 is 14.4 Å². The van der Waals surface area contributed by atoms with E-state index in [1.165, 1.54) is 30.5 Å². The van der Waals surface area contributed by atoms with Crippen LogP contribution in [0, 0.1) is 39.5 Å². The standard InChI is InChI=1S/C27H18N3O.C13H12N.Ir/c1-16-8-11-23-21(7-4-13-28-23)25(16)18-12-14-29-24(15-18)22-6-3-5-19-20-10-9-17(2)30-27(20)31-26(19)22;1-10-3-6-12(7-4-10)13-8-5-11(2)9-14-13;/h3-5,7-15H,1-2H3;3-6,8-9H,1-2H3;/q2*-1;/i2*1D3,2D3;. The second kappa shape index (κ2) is 13.1. The van der Waals surface area contributed by atoms with Crippen molar-refractivity contribution < 1.29 is 41.0 Å². The van der Waals surface area contributed by atoms with Gasteiger partial charge in [0.05, 0.1) is 11.1 Å². The molecule has 227 valence electrons. The van der Waals surface area contributed by atoms with Gasteiger partial charge in [0.25, 0.3) is 0 Å². The van der Waals surface area contributed by atoms with E-state index in [4.69, 9.17) is 20.9 Å². The molecule has 3 aromatic carbocycles. The first-order valence-corrected chi connectivity index (χ1v) is 13.9. The van der Waals surface area contributed by atoms with Crippen molar-refractivity contribution in [3.05, 3.63) is 144 Å². The number of fused-ring (bicyclic) bond motifs is 4. The molecule has 5 aromatic heterocycles. The predicted octanol–water partition coefficient (Wildman–Crippen LogP) is 9.84. The number of benzene rings is 3. The third-order valence-corrected chi connectivity index (χ3v) is 7.24. The average Bonchev–Trinajstić information content (AvgIpc) is 3.55. The molecule has 0 spiro atoms. The number of rotatable bonds is 3. The van der Waals surface area contributed by atoms with Gasteiger partial charge >= 0.3 is 0 Å². The summed E-state index contributed by atoms with van der Waals surface area (Å²) >= 11 is 0. The first-order chi connectivity index (χ1) is 26.8. The van der Waals surface area contributed by atoms with Crippen molar-refractivity contribution in [2.75, 3.05) is 0 Å². The maximum Gasteiger partial charge on any atom is 0.216 e. The minimum absolute atomic E-state index is 0. The molecule has 0 atom stereocenters. The first-order valence-electron chi connectivity index (χ1n) is 19.9. The number of furan rings is 1. The van der Waals surface area contributed by atoms with Crippen molar-refractivity contribution in [1.82, 2.24) is 19.9 Å². The average molecular weight is 787 g/mol. The molecular formula is C40H30IrN4O-2. The largest absolute Gasteiger partial charge is 0.486 e. The van der Waals surface area contributed by atoms with E-state index in [-0.39, 0.29) is 48.2 Å². The summed E-state index contributed by atoms with van der Waals surface area (Å²) in [5.41, 5.74) is 5.39. The summed E-state index contributed by atoms with van der Waals surface area (Å²) in [5.74, 6) is 0. The van der Waals surface area contributed by atoms with Crippen LogP contribution in [0.3, 0.4) is 0 Å². The number of nitrogens with zero attached hydrogens (tertiary/aromatic N) is 4. The topological polar surface area (TPSA) is 64.7 Å². The summed E-state index contributed by atoms with van der Waals surface area (Å²) < 4.78 is 97.0. The van der Waals surface area contributed by atoms with Crippen molar-refractivity contribution in [3.63, 3.8) is 0 Å². The van der Waals surface area contributed by atoms with E-state index in [0.717, 1.165) is 10.8 Å². The number of aryl methyl sites for hydroxylation is 4. The Morgan fingerprint density at radius 1 is 0.717 bits per heavy atom. The van der Waals surface area contributed by atoms with Gasteiger partial charge in [0.1, 0.15) is 0 Å². The van der Waals surface area contributed by atoms with Gasteiger partial charge in [-0.2, -0.15) is 0 Å². The summed E-state index contributed by atoms with van der Waals surface area (Å²) in [7, 11) is 0. The van der Waals surface area contributed by atoms with Crippen LogP contribution in [0.1, 0.15) is 38.8 Å². The third-order valence-electron chi connectivity index (χ3n) is 7.24. The summed E-state index contributed by atoms with van der Waals surface area (Å²) in [6, 6.07) is 30.9. The van der Waals surface area contributed by atoms with Crippen LogP contribution in [-0.2, 0) is 20.1 Å². The van der Waals surface area contributed by atoms with E-state index in [2.05, 4.69) is 32.1 Å². The van der Waals surface area contributed by atoms with E-state index in [0.29, 0.717) is 50.1 Å². The third kappa shape index (κ3) is 6.10. The second-order valence-electron chi connectivity index (χ2n) is 10.2. The summed E-state index contributed by atoms with van der Waals surface area (Å²) in [6.45, 7) is -9.03. The molecule has 6 heteroatoms. The van der Waals surface area contributed by atoms with Crippen LogP contribution in [0.15, 0.2) is 114 Å². The van der Waals surface area contributed by atoms with Gasteiger partial charge in [0.15, 0.2) is 0 Å². The fourth-order valence-electron chi connectivity index (χ4n) is 5.14. The molecule has 0 bridgehead atoms. The van der Waals surface area contributed by atoms with Gasteiger partial charge in [-0.15, -0.1) is 53.6 Å². The molecule has 5 heterocycles. The first kappa shape index (κ1) is 19.5. The molecule has 0 saturated heterocycles. The SMILES string of the molecule is [2H]C([2H])([2H])c1c[c-]c(-c2ccc(C([2H])([2H])[2H])cn2)cc1.[2H]C([2H])([2H])c1ccc2c(n1)oc1c(-c3cc(-c4c(C([2H])([2H])[2H])ccc5ncccc45)ccn3)[c-]ccc12.[Ir]. The summed E-state index contributed by atoms with van der Waals surface area (Å²) in [5, 5.41) is 2.15. The van der Waals surface area contributed by atoms with Crippen molar-refractivity contribution in [1.29, 1.82) is 0 Å². The zero-order valence-corrected chi connectivity index (χ0v) is 26.3. The van der Waals surface area contributed by atoms with Crippen LogP contribution >= 0.6 is 0 Å². The Morgan fingerprint density at radius 2 is 1.65 bits per heavy atom. The Hall–Kier alpha value is -5.03. The van der Waals surface area contributed by atoms with Crippen molar-refractivity contribution in [2.24, 2.45) is 0 Å². The number of aromatic nitrogens is 4. The molecule has 0 amide bonds. The van der Waals surface area contributed by atoms with Crippen molar-refractivity contribution in [2.45, 2.75) is 27.4 Å². The molecule has 0 N–H and O–H groups in total. The molecule has 8 aromatic rings. The molecule has 0 aliphatic rings. The zero-order chi connectivity index (χ0) is 40.9. The normalized spacial score (nSPS) is 15.8. The fraction of sp³-hybridized carbons (Fsp3) is 0.100. The van der Waals surface area contributed by atoms with Crippen molar-refractivity contribution in [3.8, 4) is 33.6 Å². The van der Waals surface area contributed by atoms with E-state index in [1.807, 2.05) is 12.1 Å². The number of hydrogen-bond donors (Lipinski definition) is 0. The van der Waals surface area contributed by atoms with Crippen LogP contribution in [0.25, 0.3) is 66.6 Å². The van der Waals surface area contributed by atoms with Crippen LogP contribution < -0.4 is 0 Å². The van der Waals surface area contributed by atoms with Crippen LogP contribution in [-0.4, -0.2) is 19.9 Å². The Labute approximate surface area is 298 Å². The molecular weight excluding hydrogens is 745 g/mol. The molecule has 8 rings (SSSR count). The Morgan fingerprint density at radius 3 is 2.46 bits per heavy atom. The van der Waals surface area contributed by atoms with Crippen LogP contribution in [0.4, 0.5) is 0 Å². The monoisotopic (exact) mass is 787 g/mol. The van der Waals surface area contributed by atoms with Gasteiger partial charge in [0.2, 0.25) is 5.71 Å². The molecule has 0 aliphatic heterocycles. The Balaban J connectivity index is 0.000000230. The van der Waals surface area contributed by atoms with E-state index in [9.17, 15) is 0 Å². The van der Waals surface area contributed by atoms with Gasteiger partial charge in [-0.1, -0.05) is 48.1 Å². The summed E-state index contributed by atoms with van der Waals surface area (Å²) in [6.07, 6.45) is 4.58. The summed E-state index contributed by atoms with van der Waals surface area (Å²) in [4.78, 5) is 17.2. The molecule has 0 unspecified atom stereocenters. The molecule has 0 saturated carbocycles. The van der Waals surface area contributed by atoms with Gasteiger partial charge in [-0.05, 0) is 84.5 Å².